The van der Waals surface area contributed by atoms with Gasteiger partial charge in [0.2, 0.25) is 5.91 Å². The molecule has 2 amide bonds. The number of benzene rings is 1. The van der Waals surface area contributed by atoms with Gasteiger partial charge < -0.3 is 5.73 Å². The van der Waals surface area contributed by atoms with Crippen LogP contribution in [0.1, 0.15) is 35.7 Å². The van der Waals surface area contributed by atoms with Gasteiger partial charge in [-0.05, 0) is 31.2 Å². The molecule has 0 atom stereocenters. The zero-order chi connectivity index (χ0) is 15.8. The first-order valence-corrected chi connectivity index (χ1v) is 6.78. The number of nitrogens with one attached hydrogen (secondary N) is 1. The minimum Gasteiger partial charge on any atom is -0.369 e. The van der Waals surface area contributed by atoms with Gasteiger partial charge >= 0.3 is 0 Å². The lowest BCUT2D eigenvalue weighted by Crippen LogP contribution is -2.34. The van der Waals surface area contributed by atoms with Crippen molar-refractivity contribution in [1.82, 2.24) is 10.3 Å². The van der Waals surface area contributed by atoms with Crippen LogP contribution in [0.25, 0.3) is 0 Å². The molecule has 0 aliphatic carbocycles. The highest BCUT2D eigenvalue weighted by atomic mass is 19.1. The molecule has 0 radical (unpaired) electrons. The van der Waals surface area contributed by atoms with Crippen molar-refractivity contribution in [1.29, 1.82) is 0 Å². The van der Waals surface area contributed by atoms with E-state index in [0.29, 0.717) is 12.1 Å². The van der Waals surface area contributed by atoms with E-state index in [4.69, 9.17) is 11.6 Å². The van der Waals surface area contributed by atoms with Crippen molar-refractivity contribution in [3.05, 3.63) is 35.1 Å². The number of nitrogens with zero attached hydrogens (tertiary/aromatic N) is 1. The van der Waals surface area contributed by atoms with Crippen LogP contribution in [0.4, 0.5) is 4.39 Å². The van der Waals surface area contributed by atoms with Gasteiger partial charge in [-0.3, -0.25) is 19.9 Å². The van der Waals surface area contributed by atoms with Crippen LogP contribution in [-0.4, -0.2) is 29.8 Å². The summed E-state index contributed by atoms with van der Waals surface area (Å²) >= 11 is 0. The molecule has 0 fully saturated rings. The van der Waals surface area contributed by atoms with E-state index in [9.17, 15) is 14.0 Å². The smallest absolute Gasteiger partial charge is 0.265 e. The Morgan fingerprint density at radius 1 is 1.38 bits per heavy atom. The van der Waals surface area contributed by atoms with Crippen LogP contribution < -0.4 is 17.0 Å². The summed E-state index contributed by atoms with van der Waals surface area (Å²) in [5, 5.41) is 0. The molecule has 0 unspecified atom stereocenters. The first kappa shape index (κ1) is 17.1. The number of hydrogen-bond donors (Lipinski definition) is 3. The lowest BCUT2D eigenvalue weighted by atomic mass is 10.1. The Morgan fingerprint density at radius 2 is 2.10 bits per heavy atom. The molecule has 5 N–H and O–H groups in total. The van der Waals surface area contributed by atoms with E-state index in [-0.39, 0.29) is 18.7 Å². The first-order valence-electron chi connectivity index (χ1n) is 6.78. The molecule has 6 nitrogen and oxygen atoms in total. The van der Waals surface area contributed by atoms with Crippen molar-refractivity contribution in [3.63, 3.8) is 0 Å². The molecular formula is C14H21FN4O2. The van der Waals surface area contributed by atoms with Crippen molar-refractivity contribution < 1.29 is 14.0 Å². The van der Waals surface area contributed by atoms with Gasteiger partial charge in [-0.15, -0.1) is 0 Å². The van der Waals surface area contributed by atoms with Crippen molar-refractivity contribution >= 4 is 11.8 Å². The average molecular weight is 296 g/mol. The number of nitrogens with two attached hydrogens (primary N) is 2. The number of carbonyl (C=O) groups is 2. The van der Waals surface area contributed by atoms with Gasteiger partial charge in [-0.25, -0.2) is 10.2 Å². The molecule has 1 aromatic carbocycles. The van der Waals surface area contributed by atoms with Crippen molar-refractivity contribution in [2.24, 2.45) is 11.6 Å². The molecule has 0 aliphatic rings. The van der Waals surface area contributed by atoms with Crippen LogP contribution in [0.2, 0.25) is 0 Å². The summed E-state index contributed by atoms with van der Waals surface area (Å²) in [4.78, 5) is 24.3. The summed E-state index contributed by atoms with van der Waals surface area (Å²) < 4.78 is 13.9. The normalized spacial score (nSPS) is 10.7. The van der Waals surface area contributed by atoms with Crippen molar-refractivity contribution in [2.75, 3.05) is 13.1 Å². The third-order valence-electron chi connectivity index (χ3n) is 3.04. The van der Waals surface area contributed by atoms with Gasteiger partial charge in [0, 0.05) is 17.7 Å². The molecule has 0 spiro atoms. The van der Waals surface area contributed by atoms with Gasteiger partial charge in [0.25, 0.3) is 5.91 Å². The Hall–Kier alpha value is -1.99. The summed E-state index contributed by atoms with van der Waals surface area (Å²) in [6, 6.07) is 3.99. The van der Waals surface area contributed by atoms with E-state index in [0.717, 1.165) is 12.8 Å². The molecule has 116 valence electrons. The van der Waals surface area contributed by atoms with E-state index in [1.165, 1.54) is 18.2 Å². The van der Waals surface area contributed by atoms with Crippen LogP contribution in [0.3, 0.4) is 0 Å². The molecule has 0 saturated carbocycles. The van der Waals surface area contributed by atoms with E-state index in [2.05, 4.69) is 0 Å². The second-order valence-corrected chi connectivity index (χ2v) is 4.81. The number of unbranched alkanes of at least 4 members (excludes halogenated alkanes) is 1. The van der Waals surface area contributed by atoms with Gasteiger partial charge in [0.15, 0.2) is 0 Å². The van der Waals surface area contributed by atoms with E-state index < -0.39 is 17.6 Å². The number of rotatable bonds is 8. The van der Waals surface area contributed by atoms with E-state index in [1.54, 1.807) is 4.90 Å². The Balaban J connectivity index is 2.90. The maximum atomic E-state index is 13.9. The predicted octanol–water partition coefficient (Wildman–Crippen LogP) is 0.517. The number of hydrazine groups is 1. The lowest BCUT2D eigenvalue weighted by molar-refractivity contribution is -0.119. The van der Waals surface area contributed by atoms with Crippen LogP contribution in [0.5, 0.6) is 0 Å². The number of primary amides is 1. The zero-order valence-electron chi connectivity index (χ0n) is 12.1. The molecule has 0 bridgehead atoms. The Labute approximate surface area is 123 Å². The fourth-order valence-corrected chi connectivity index (χ4v) is 1.98. The molecule has 1 rings (SSSR count). The molecule has 0 saturated heterocycles. The molecule has 1 aromatic rings. The van der Waals surface area contributed by atoms with Gasteiger partial charge in [-0.2, -0.15) is 0 Å². The standard InChI is InChI=1S/C14H21FN4O2/c1-2-3-6-19(9-13(16)20)8-11-7-10(14(21)18-17)4-5-12(11)15/h4-5,7H,2-3,6,8-9,17H2,1H3,(H2,16,20)(H,18,21). The Morgan fingerprint density at radius 3 is 2.67 bits per heavy atom. The number of halogens is 1. The fourth-order valence-electron chi connectivity index (χ4n) is 1.98. The molecule has 7 heteroatoms. The van der Waals surface area contributed by atoms with Gasteiger partial charge in [0.1, 0.15) is 5.82 Å². The van der Waals surface area contributed by atoms with Crippen LogP contribution in [-0.2, 0) is 11.3 Å². The monoisotopic (exact) mass is 296 g/mol. The molecular weight excluding hydrogens is 275 g/mol. The summed E-state index contributed by atoms with van der Waals surface area (Å²) in [6.07, 6.45) is 1.82. The van der Waals surface area contributed by atoms with Crippen molar-refractivity contribution in [2.45, 2.75) is 26.3 Å². The predicted molar refractivity (Wildman–Crippen MR) is 77.4 cm³/mol. The maximum Gasteiger partial charge on any atom is 0.265 e. The van der Waals surface area contributed by atoms with Crippen molar-refractivity contribution in [3.8, 4) is 0 Å². The highest BCUT2D eigenvalue weighted by Crippen LogP contribution is 2.14. The Bertz CT molecular complexity index is 508. The third kappa shape index (κ3) is 5.49. The highest BCUT2D eigenvalue weighted by molar-refractivity contribution is 5.93. The quantitative estimate of drug-likeness (QED) is 0.370. The highest BCUT2D eigenvalue weighted by Gasteiger charge is 2.14. The number of hydrogen-bond acceptors (Lipinski definition) is 4. The maximum absolute atomic E-state index is 13.9. The van der Waals surface area contributed by atoms with Gasteiger partial charge in [0.05, 0.1) is 6.54 Å². The summed E-state index contributed by atoms with van der Waals surface area (Å²) in [7, 11) is 0. The van der Waals surface area contributed by atoms with Gasteiger partial charge in [-0.1, -0.05) is 13.3 Å². The molecule has 0 heterocycles. The molecule has 0 aromatic heterocycles. The third-order valence-corrected chi connectivity index (χ3v) is 3.04. The first-order chi connectivity index (χ1) is 9.97. The molecule has 21 heavy (non-hydrogen) atoms. The number of amides is 2. The van der Waals surface area contributed by atoms with E-state index >= 15 is 0 Å². The number of carbonyl (C=O) groups excluding carboxylic acids is 2. The summed E-state index contributed by atoms with van der Waals surface area (Å²) in [5.74, 6) is 3.66. The summed E-state index contributed by atoms with van der Waals surface area (Å²) in [5.41, 5.74) is 7.79. The van der Waals surface area contributed by atoms with E-state index in [1.807, 2.05) is 12.3 Å². The van der Waals surface area contributed by atoms with Crippen LogP contribution in [0, 0.1) is 5.82 Å². The largest absolute Gasteiger partial charge is 0.369 e. The minimum atomic E-state index is -0.494. The minimum absolute atomic E-state index is 0.0484. The van der Waals surface area contributed by atoms with Crippen LogP contribution in [0.15, 0.2) is 18.2 Å². The Kier molecular flexibility index (Phi) is 6.77. The fraction of sp³-hybridized carbons (Fsp3) is 0.429. The second kappa shape index (κ2) is 8.33. The second-order valence-electron chi connectivity index (χ2n) is 4.81. The summed E-state index contributed by atoms with van der Waals surface area (Å²) in [6.45, 7) is 2.91. The average Bonchev–Trinajstić information content (AvgIpc) is 2.45. The topological polar surface area (TPSA) is 101 Å². The lowest BCUT2D eigenvalue weighted by Gasteiger charge is -2.21. The number of nitrogen functional groups attached to an aromatic ring is 1. The SMILES string of the molecule is CCCCN(CC(N)=O)Cc1cc(C(=O)NN)ccc1F. The molecule has 0 aliphatic heterocycles. The zero-order valence-corrected chi connectivity index (χ0v) is 12.1. The van der Waals surface area contributed by atoms with Crippen LogP contribution >= 0.6 is 0 Å².